The van der Waals surface area contributed by atoms with E-state index >= 15 is 0 Å². The lowest BCUT2D eigenvalue weighted by atomic mass is 10.1. The smallest absolute Gasteiger partial charge is 0.400 e. The Balaban J connectivity index is 4.69. The summed E-state index contributed by atoms with van der Waals surface area (Å²) in [5, 5.41) is 10.9. The van der Waals surface area contributed by atoms with Crippen molar-refractivity contribution in [2.24, 2.45) is 16.8 Å². The first kappa shape index (κ1) is 18.9. The summed E-state index contributed by atoms with van der Waals surface area (Å²) in [4.78, 5) is 1.55. The van der Waals surface area contributed by atoms with Gasteiger partial charge in [0.2, 0.25) is 0 Å². The molecule has 0 spiro atoms. The number of nitrogens with two attached hydrogens (primary N) is 1. The Morgan fingerprint density at radius 1 is 1.25 bits per heavy atom. The van der Waals surface area contributed by atoms with Crippen LogP contribution < -0.4 is 5.73 Å². The normalized spacial score (nSPS) is 14.8. The third-order valence-corrected chi connectivity index (χ3v) is 2.74. The van der Waals surface area contributed by atoms with Gasteiger partial charge in [-0.05, 0) is 6.42 Å². The molecule has 0 saturated carbocycles. The molecule has 3 N–H and O–H groups in total. The predicted octanol–water partition coefficient (Wildman–Crippen LogP) is 0.896. The molecular formula is C11H22F3N3O3. The Labute approximate surface area is 116 Å². The molecule has 120 valence electrons. The van der Waals surface area contributed by atoms with Crippen LogP contribution in [0, 0.1) is 5.92 Å². The van der Waals surface area contributed by atoms with Crippen LogP contribution in [0.3, 0.4) is 0 Å². The van der Waals surface area contributed by atoms with Crippen molar-refractivity contribution in [1.29, 1.82) is 0 Å². The molecule has 20 heavy (non-hydrogen) atoms. The molecule has 0 aromatic heterocycles. The lowest BCUT2D eigenvalue weighted by Crippen LogP contribution is -2.45. The summed E-state index contributed by atoms with van der Waals surface area (Å²) in [5.41, 5.74) is 5.13. The Bertz CT molecular complexity index is 288. The fourth-order valence-electron chi connectivity index (χ4n) is 1.64. The second-order valence-corrected chi connectivity index (χ2v) is 4.26. The van der Waals surface area contributed by atoms with E-state index in [-0.39, 0.29) is 6.54 Å². The van der Waals surface area contributed by atoms with Crippen LogP contribution in [-0.2, 0) is 9.47 Å². The summed E-state index contributed by atoms with van der Waals surface area (Å²) in [7, 11) is 2.99. The second-order valence-electron chi connectivity index (χ2n) is 4.26. The maximum Gasteiger partial charge on any atom is 0.400 e. The van der Waals surface area contributed by atoms with E-state index in [1.54, 1.807) is 4.90 Å². The van der Waals surface area contributed by atoms with Gasteiger partial charge in [-0.3, -0.25) is 4.90 Å². The first-order chi connectivity index (χ1) is 9.36. The third kappa shape index (κ3) is 7.51. The van der Waals surface area contributed by atoms with Crippen molar-refractivity contribution in [1.82, 2.24) is 4.90 Å². The van der Waals surface area contributed by atoms with E-state index in [0.717, 1.165) is 0 Å². The van der Waals surface area contributed by atoms with Crippen LogP contribution in [0.4, 0.5) is 13.2 Å². The Kier molecular flexibility index (Phi) is 9.26. The zero-order valence-corrected chi connectivity index (χ0v) is 11.7. The number of ether oxygens (including phenoxy) is 2. The number of hydrogen-bond donors (Lipinski definition) is 2. The topological polar surface area (TPSA) is 80.3 Å². The minimum atomic E-state index is -4.57. The molecule has 0 fully saturated rings. The summed E-state index contributed by atoms with van der Waals surface area (Å²) < 4.78 is 48.4. The minimum Gasteiger partial charge on any atom is -0.409 e. The van der Waals surface area contributed by atoms with E-state index in [2.05, 4.69) is 5.16 Å². The first-order valence-electron chi connectivity index (χ1n) is 6.11. The number of methoxy groups -OCH3 is 2. The van der Waals surface area contributed by atoms with Crippen molar-refractivity contribution in [3.05, 3.63) is 0 Å². The van der Waals surface area contributed by atoms with Gasteiger partial charge in [0.1, 0.15) is 5.92 Å². The van der Waals surface area contributed by atoms with Gasteiger partial charge >= 0.3 is 6.18 Å². The summed E-state index contributed by atoms with van der Waals surface area (Å²) in [6.07, 6.45) is -3.98. The van der Waals surface area contributed by atoms with E-state index in [9.17, 15) is 13.2 Å². The number of oxime groups is 1. The van der Waals surface area contributed by atoms with E-state index in [1.807, 2.05) is 0 Å². The Morgan fingerprint density at radius 2 is 1.85 bits per heavy atom. The number of hydrogen-bond acceptors (Lipinski definition) is 5. The number of nitrogens with zero attached hydrogens (tertiary/aromatic N) is 2. The van der Waals surface area contributed by atoms with Gasteiger partial charge < -0.3 is 20.4 Å². The molecule has 0 heterocycles. The molecule has 0 aliphatic carbocycles. The molecule has 0 aliphatic heterocycles. The van der Waals surface area contributed by atoms with Crippen LogP contribution in [-0.4, -0.2) is 69.2 Å². The maximum absolute atomic E-state index is 12.9. The molecular weight excluding hydrogens is 279 g/mol. The Hall–Kier alpha value is -1.06. The number of alkyl halides is 3. The average Bonchev–Trinajstić information content (AvgIpc) is 2.39. The SMILES string of the molecule is COCCCN(CCOC)CC(C(N)=NO)C(F)(F)F. The molecule has 1 atom stereocenters. The van der Waals surface area contributed by atoms with Crippen molar-refractivity contribution >= 4 is 5.84 Å². The predicted molar refractivity (Wildman–Crippen MR) is 67.8 cm³/mol. The van der Waals surface area contributed by atoms with Gasteiger partial charge in [0, 0.05) is 40.5 Å². The van der Waals surface area contributed by atoms with Crippen LogP contribution in [0.5, 0.6) is 0 Å². The molecule has 0 aliphatic rings. The van der Waals surface area contributed by atoms with Gasteiger partial charge in [0.05, 0.1) is 6.61 Å². The van der Waals surface area contributed by atoms with Crippen LogP contribution in [0.1, 0.15) is 6.42 Å². The van der Waals surface area contributed by atoms with Crippen LogP contribution in [0.25, 0.3) is 0 Å². The van der Waals surface area contributed by atoms with Gasteiger partial charge in [-0.2, -0.15) is 13.2 Å². The Morgan fingerprint density at radius 3 is 2.30 bits per heavy atom. The third-order valence-electron chi connectivity index (χ3n) is 2.74. The van der Waals surface area contributed by atoms with Crippen molar-refractivity contribution in [3.8, 4) is 0 Å². The van der Waals surface area contributed by atoms with Gasteiger partial charge in [0.15, 0.2) is 5.84 Å². The van der Waals surface area contributed by atoms with Gasteiger partial charge in [-0.1, -0.05) is 5.16 Å². The molecule has 0 rings (SSSR count). The summed E-state index contributed by atoms with van der Waals surface area (Å²) >= 11 is 0. The first-order valence-corrected chi connectivity index (χ1v) is 6.11. The van der Waals surface area contributed by atoms with Crippen molar-refractivity contribution in [2.75, 3.05) is 47.1 Å². The van der Waals surface area contributed by atoms with Gasteiger partial charge in [-0.25, -0.2) is 0 Å². The van der Waals surface area contributed by atoms with E-state index in [4.69, 9.17) is 20.4 Å². The monoisotopic (exact) mass is 301 g/mol. The minimum absolute atomic E-state index is 0.299. The molecule has 0 radical (unpaired) electrons. The fraction of sp³-hybridized carbons (Fsp3) is 0.909. The lowest BCUT2D eigenvalue weighted by molar-refractivity contribution is -0.160. The number of amidine groups is 1. The van der Waals surface area contributed by atoms with Gasteiger partial charge in [0.25, 0.3) is 0 Å². The molecule has 0 saturated heterocycles. The number of rotatable bonds is 10. The van der Waals surface area contributed by atoms with E-state index in [1.165, 1.54) is 14.2 Å². The van der Waals surface area contributed by atoms with Crippen LogP contribution >= 0.6 is 0 Å². The van der Waals surface area contributed by atoms with Crippen molar-refractivity contribution in [2.45, 2.75) is 12.6 Å². The van der Waals surface area contributed by atoms with Crippen LogP contribution in [0.2, 0.25) is 0 Å². The molecule has 0 bridgehead atoms. The quantitative estimate of drug-likeness (QED) is 0.206. The van der Waals surface area contributed by atoms with Crippen molar-refractivity contribution < 1.29 is 27.9 Å². The maximum atomic E-state index is 12.9. The fourth-order valence-corrected chi connectivity index (χ4v) is 1.64. The highest BCUT2D eigenvalue weighted by Gasteiger charge is 2.43. The van der Waals surface area contributed by atoms with E-state index in [0.29, 0.717) is 32.7 Å². The van der Waals surface area contributed by atoms with Crippen molar-refractivity contribution in [3.63, 3.8) is 0 Å². The highest BCUT2D eigenvalue weighted by Crippen LogP contribution is 2.27. The largest absolute Gasteiger partial charge is 0.409 e. The molecule has 1 unspecified atom stereocenters. The molecule has 0 aromatic rings. The van der Waals surface area contributed by atoms with Crippen LogP contribution in [0.15, 0.2) is 5.16 Å². The van der Waals surface area contributed by atoms with E-state index < -0.39 is 17.9 Å². The molecule has 6 nitrogen and oxygen atoms in total. The zero-order valence-electron chi connectivity index (χ0n) is 11.7. The number of halogens is 3. The highest BCUT2D eigenvalue weighted by atomic mass is 19.4. The standard InChI is InChI=1S/C11H22F3N3O3/c1-19-6-3-4-17(5-7-20-2)8-9(10(15)16-18)11(12,13)14/h9,18H,3-8H2,1-2H3,(H2,15,16). The highest BCUT2D eigenvalue weighted by molar-refractivity contribution is 5.83. The van der Waals surface area contributed by atoms with Gasteiger partial charge in [-0.15, -0.1) is 0 Å². The molecule has 0 amide bonds. The molecule has 9 heteroatoms. The summed E-state index contributed by atoms with van der Waals surface area (Å²) in [5.74, 6) is -2.85. The summed E-state index contributed by atoms with van der Waals surface area (Å²) in [6, 6.07) is 0. The average molecular weight is 301 g/mol. The zero-order chi connectivity index (χ0) is 15.6. The lowest BCUT2D eigenvalue weighted by Gasteiger charge is -2.27. The molecule has 0 aromatic carbocycles. The second kappa shape index (κ2) is 9.78. The summed E-state index contributed by atoms with van der Waals surface area (Å²) in [6.45, 7) is 1.10.